The lowest BCUT2D eigenvalue weighted by atomic mass is 10.1. The van der Waals surface area contributed by atoms with Crippen LogP contribution in [0.15, 0.2) is 41.6 Å². The van der Waals surface area contributed by atoms with Crippen molar-refractivity contribution >= 4 is 21.6 Å². The first-order valence-electron chi connectivity index (χ1n) is 11.4. The Morgan fingerprint density at radius 2 is 1.71 bits per heavy atom. The van der Waals surface area contributed by atoms with Gasteiger partial charge in [-0.3, -0.25) is 0 Å². The van der Waals surface area contributed by atoms with E-state index in [1.165, 1.54) is 17.0 Å². The summed E-state index contributed by atoms with van der Waals surface area (Å²) >= 11 is 0. The lowest BCUT2D eigenvalue weighted by molar-refractivity contribution is -0.137. The fourth-order valence-corrected chi connectivity index (χ4v) is 4.87. The van der Waals surface area contributed by atoms with Gasteiger partial charge < -0.3 is 9.64 Å². The third kappa shape index (κ3) is 5.38. The number of anilines is 1. The van der Waals surface area contributed by atoms with E-state index in [1.807, 2.05) is 0 Å². The van der Waals surface area contributed by atoms with Gasteiger partial charge in [-0.15, -0.1) is 0 Å². The van der Waals surface area contributed by atoms with Crippen LogP contribution in [0.25, 0.3) is 11.3 Å². The molecule has 3 aromatic rings. The lowest BCUT2D eigenvalue weighted by Gasteiger charge is -2.31. The summed E-state index contributed by atoms with van der Waals surface area (Å²) in [4.78, 5) is 18.2. The third-order valence-electron chi connectivity index (χ3n) is 5.85. The summed E-state index contributed by atoms with van der Waals surface area (Å²) in [6.07, 6.45) is -4.16. The van der Waals surface area contributed by atoms with Crippen LogP contribution >= 0.6 is 0 Å². The fourth-order valence-electron chi connectivity index (χ4n) is 4.30. The number of ether oxygens (including phenoxy) is 1. The van der Waals surface area contributed by atoms with Gasteiger partial charge in [-0.2, -0.15) is 13.2 Å². The van der Waals surface area contributed by atoms with Gasteiger partial charge in [-0.05, 0) is 50.6 Å². The molecule has 0 radical (unpaired) electrons. The second kappa shape index (κ2) is 9.37. The van der Waals surface area contributed by atoms with Crippen LogP contribution in [0.3, 0.4) is 0 Å². The Morgan fingerprint density at radius 3 is 2.26 bits per heavy atom. The number of benzene rings is 1. The summed E-state index contributed by atoms with van der Waals surface area (Å²) in [6.45, 7) is 4.67. The highest BCUT2D eigenvalue weighted by atomic mass is 32.2. The number of alkyl halides is 3. The number of halogens is 5. The zero-order valence-corrected chi connectivity index (χ0v) is 21.7. The van der Waals surface area contributed by atoms with Crippen molar-refractivity contribution in [2.24, 2.45) is 0 Å². The van der Waals surface area contributed by atoms with E-state index in [1.54, 1.807) is 20.8 Å². The molecule has 0 saturated heterocycles. The van der Waals surface area contributed by atoms with Gasteiger partial charge in [-0.25, -0.2) is 31.5 Å². The Bertz CT molecular complexity index is 1500. The van der Waals surface area contributed by atoms with Crippen LogP contribution in [0.2, 0.25) is 0 Å². The van der Waals surface area contributed by atoms with Crippen molar-refractivity contribution in [2.45, 2.75) is 50.5 Å². The minimum absolute atomic E-state index is 0.0236. The fraction of sp³-hybridized carbons (Fsp3) is 0.360. The zero-order valence-electron chi connectivity index (χ0n) is 20.9. The molecule has 0 aliphatic carbocycles. The van der Waals surface area contributed by atoms with Crippen LogP contribution in [-0.2, 0) is 33.7 Å². The Labute approximate surface area is 215 Å². The SMILES string of the molecule is CC(C)(C)OC(=O)n1c(-c2c(F)cccc2F)cc2c1CCN(c1cnc(S(C)(=O)=O)cc1C(F)(F)F)C2. The monoisotopic (exact) mass is 557 g/mol. The first-order chi connectivity index (χ1) is 17.5. The number of hydrogen-bond donors (Lipinski definition) is 0. The molecular weight excluding hydrogens is 533 g/mol. The van der Waals surface area contributed by atoms with Gasteiger partial charge in [0.1, 0.15) is 17.2 Å². The molecule has 1 aliphatic rings. The summed E-state index contributed by atoms with van der Waals surface area (Å²) in [6, 6.07) is 5.05. The van der Waals surface area contributed by atoms with Crippen LogP contribution in [0, 0.1) is 11.6 Å². The zero-order chi connectivity index (χ0) is 28.2. The van der Waals surface area contributed by atoms with Gasteiger partial charge in [0.2, 0.25) is 0 Å². The number of sulfone groups is 1. The summed E-state index contributed by atoms with van der Waals surface area (Å²) in [5.74, 6) is -1.86. The van der Waals surface area contributed by atoms with Crippen molar-refractivity contribution in [3.05, 3.63) is 65.0 Å². The minimum Gasteiger partial charge on any atom is -0.443 e. The Hall–Kier alpha value is -3.48. The van der Waals surface area contributed by atoms with E-state index in [-0.39, 0.29) is 30.9 Å². The van der Waals surface area contributed by atoms with E-state index in [4.69, 9.17) is 4.74 Å². The molecule has 7 nitrogen and oxygen atoms in total. The number of rotatable bonds is 3. The van der Waals surface area contributed by atoms with Crippen LogP contribution in [0.5, 0.6) is 0 Å². The predicted molar refractivity (Wildman–Crippen MR) is 129 cm³/mol. The first kappa shape index (κ1) is 27.6. The average Bonchev–Trinajstić information content (AvgIpc) is 3.14. The number of carbonyl (C=O) groups is 1. The first-order valence-corrected chi connectivity index (χ1v) is 13.3. The van der Waals surface area contributed by atoms with Crippen molar-refractivity contribution in [2.75, 3.05) is 17.7 Å². The Kier molecular flexibility index (Phi) is 6.79. The van der Waals surface area contributed by atoms with Crippen molar-refractivity contribution in [1.29, 1.82) is 0 Å². The molecule has 4 rings (SSSR count). The molecule has 204 valence electrons. The normalized spacial score (nSPS) is 14.4. The smallest absolute Gasteiger partial charge is 0.419 e. The van der Waals surface area contributed by atoms with E-state index in [9.17, 15) is 35.2 Å². The quantitative estimate of drug-likeness (QED) is 0.390. The van der Waals surface area contributed by atoms with Crippen molar-refractivity contribution in [3.63, 3.8) is 0 Å². The maximum absolute atomic E-state index is 14.7. The molecule has 0 atom stereocenters. The number of aromatic nitrogens is 2. The number of hydrogen-bond acceptors (Lipinski definition) is 6. The molecule has 0 unspecified atom stereocenters. The molecule has 13 heteroatoms. The van der Waals surface area contributed by atoms with E-state index in [0.717, 1.165) is 29.2 Å². The second-order valence-corrected chi connectivity index (χ2v) is 11.9. The molecule has 38 heavy (non-hydrogen) atoms. The number of carbonyl (C=O) groups excluding carboxylic acids is 1. The number of pyridine rings is 1. The van der Waals surface area contributed by atoms with Gasteiger partial charge in [0, 0.05) is 31.5 Å². The second-order valence-electron chi connectivity index (χ2n) is 9.90. The van der Waals surface area contributed by atoms with Crippen LogP contribution in [0.1, 0.15) is 37.6 Å². The topological polar surface area (TPSA) is 81.5 Å². The Morgan fingerprint density at radius 1 is 1.08 bits per heavy atom. The van der Waals surface area contributed by atoms with Gasteiger partial charge >= 0.3 is 12.3 Å². The van der Waals surface area contributed by atoms with Crippen molar-refractivity contribution < 1.29 is 39.9 Å². The minimum atomic E-state index is -4.89. The standard InChI is InChI=1S/C25H24F5N3O4S/c1-24(2,3)37-23(34)33-18-8-9-32(13-14(18)10-19(33)22-16(26)6-5-7-17(22)27)20-12-31-21(38(4,35)36)11-15(20)25(28,29)30/h5-7,10-12H,8-9,13H2,1-4H3. The van der Waals surface area contributed by atoms with E-state index >= 15 is 0 Å². The molecule has 0 N–H and O–H groups in total. The molecule has 1 aliphatic heterocycles. The molecule has 0 amide bonds. The molecule has 0 bridgehead atoms. The average molecular weight is 558 g/mol. The van der Waals surface area contributed by atoms with Crippen molar-refractivity contribution in [3.8, 4) is 11.3 Å². The molecule has 1 aromatic carbocycles. The molecule has 0 spiro atoms. The number of nitrogens with zero attached hydrogens (tertiary/aromatic N) is 3. The highest BCUT2D eigenvalue weighted by molar-refractivity contribution is 7.90. The van der Waals surface area contributed by atoms with Gasteiger partial charge in [-0.1, -0.05) is 6.07 Å². The molecule has 0 fully saturated rings. The summed E-state index contributed by atoms with van der Waals surface area (Å²) in [7, 11) is -4.00. The molecule has 0 saturated carbocycles. The summed E-state index contributed by atoms with van der Waals surface area (Å²) in [5, 5.41) is -0.723. The molecule has 3 heterocycles. The largest absolute Gasteiger partial charge is 0.443 e. The highest BCUT2D eigenvalue weighted by Crippen LogP contribution is 2.40. The lowest BCUT2D eigenvalue weighted by Crippen LogP contribution is -2.34. The van der Waals surface area contributed by atoms with Crippen LogP contribution in [0.4, 0.5) is 32.4 Å². The molecule has 2 aromatic heterocycles. The maximum atomic E-state index is 14.7. The van der Waals surface area contributed by atoms with Crippen molar-refractivity contribution in [1.82, 2.24) is 9.55 Å². The van der Waals surface area contributed by atoms with E-state index in [2.05, 4.69) is 4.98 Å². The summed E-state index contributed by atoms with van der Waals surface area (Å²) < 4.78 is 101. The molecular formula is C25H24F5N3O4S. The van der Waals surface area contributed by atoms with Gasteiger partial charge in [0.15, 0.2) is 14.9 Å². The number of fused-ring (bicyclic) bond motifs is 1. The van der Waals surface area contributed by atoms with E-state index < -0.39 is 55.5 Å². The third-order valence-corrected chi connectivity index (χ3v) is 6.83. The maximum Gasteiger partial charge on any atom is 0.419 e. The van der Waals surface area contributed by atoms with Gasteiger partial charge in [0.05, 0.1) is 28.7 Å². The van der Waals surface area contributed by atoms with Crippen LogP contribution < -0.4 is 4.90 Å². The van der Waals surface area contributed by atoms with Crippen LogP contribution in [-0.4, -0.2) is 42.5 Å². The Balaban J connectivity index is 1.84. The van der Waals surface area contributed by atoms with E-state index in [0.29, 0.717) is 17.3 Å². The summed E-state index contributed by atoms with van der Waals surface area (Å²) in [5.41, 5.74) is -2.42. The highest BCUT2D eigenvalue weighted by Gasteiger charge is 2.38. The van der Waals surface area contributed by atoms with Gasteiger partial charge in [0.25, 0.3) is 0 Å². The predicted octanol–water partition coefficient (Wildman–Crippen LogP) is 5.60.